The van der Waals surface area contributed by atoms with E-state index in [9.17, 15) is 5.26 Å². The van der Waals surface area contributed by atoms with E-state index in [1.807, 2.05) is 43.3 Å². The number of aromatic nitrogens is 2. The summed E-state index contributed by atoms with van der Waals surface area (Å²) in [6, 6.07) is 12.3. The zero-order valence-electron chi connectivity index (χ0n) is 15.3. The first-order valence-electron chi connectivity index (χ1n) is 8.47. The van der Waals surface area contributed by atoms with Gasteiger partial charge in [0.2, 0.25) is 0 Å². The zero-order valence-corrected chi connectivity index (χ0v) is 26.0. The molecule has 0 atom stereocenters. The molecule has 10 heteroatoms. The fourth-order valence-corrected chi connectivity index (χ4v) is 5.17. The first-order chi connectivity index (χ1) is 14.1. The Balaban J connectivity index is 2.04. The molecule has 30 heavy (non-hydrogen) atoms. The molecule has 1 aromatic heterocycles. The van der Waals surface area contributed by atoms with E-state index in [4.69, 9.17) is 4.74 Å². The minimum atomic E-state index is -0.498. The summed E-state index contributed by atoms with van der Waals surface area (Å²) in [5.74, 6) is 1.24. The predicted molar refractivity (Wildman–Crippen MR) is 154 cm³/mol. The number of alkyl halides is 4. The molecule has 0 saturated carbocycles. The van der Waals surface area contributed by atoms with Crippen LogP contribution >= 0.6 is 109 Å². The number of hydrogen-bond donors (Lipinski definition) is 1. The minimum absolute atomic E-state index is 0.0494. The summed E-state index contributed by atoms with van der Waals surface area (Å²) in [7, 11) is 0. The number of rotatable bonds is 6. The monoisotopic (exact) mass is 881 g/mol. The van der Waals surface area contributed by atoms with Crippen LogP contribution in [0, 0.1) is 25.4 Å². The number of fused-ring (bicyclic) bond motifs is 1. The predicted octanol–water partition coefficient (Wildman–Crippen LogP) is 8.13. The summed E-state index contributed by atoms with van der Waals surface area (Å²) in [6.45, 7) is 2.37. The molecule has 0 aliphatic rings. The summed E-state index contributed by atoms with van der Waals surface area (Å²) in [6.07, 6.45) is 1.81. The molecule has 4 nitrogen and oxygen atoms in total. The van der Waals surface area contributed by atoms with Gasteiger partial charge >= 0.3 is 0 Å². The second-order valence-electron chi connectivity index (χ2n) is 6.43. The van der Waals surface area contributed by atoms with Crippen LogP contribution in [0.5, 0.6) is 5.75 Å². The lowest BCUT2D eigenvalue weighted by Crippen LogP contribution is -2.28. The molecule has 0 spiro atoms. The summed E-state index contributed by atoms with van der Waals surface area (Å²) >= 11 is 18.7. The minimum Gasteiger partial charge on any atom is -0.489 e. The summed E-state index contributed by atoms with van der Waals surface area (Å²) in [5, 5.41) is 9.83. The molecule has 0 saturated heterocycles. The lowest BCUT2D eigenvalue weighted by molar-refractivity contribution is 0.314. The first-order valence-corrected chi connectivity index (χ1v) is 14.0. The van der Waals surface area contributed by atoms with Crippen LogP contribution in [0.25, 0.3) is 22.7 Å². The first kappa shape index (κ1) is 25.0. The topological polar surface area (TPSA) is 61.7 Å². The van der Waals surface area contributed by atoms with Gasteiger partial charge < -0.3 is 9.72 Å². The van der Waals surface area contributed by atoms with Crippen molar-refractivity contribution in [2.45, 2.75) is 13.9 Å². The molecular weight excluding hydrogens is 872 g/mol. The molecule has 0 aliphatic carbocycles. The number of imidazole rings is 1. The summed E-state index contributed by atoms with van der Waals surface area (Å²) in [4.78, 5) is 7.84. The molecule has 0 fully saturated rings. The highest BCUT2D eigenvalue weighted by Gasteiger charge is 2.31. The molecule has 0 bridgehead atoms. The maximum atomic E-state index is 9.83. The van der Waals surface area contributed by atoms with Crippen molar-refractivity contribution in [1.29, 1.82) is 5.26 Å². The number of aryl methyl sites for hydroxylation is 1. The normalized spacial score (nSPS) is 12.4. The standard InChI is InChI=1S/C20H13Br4I2N3O/c1-10-2-3-15-16(4-10)29-18(28-15)12(8-27)5-11-6-13(25)7-14(26)17(11)30-9-20(23,24)19(21)22/h2-7,19H,9H2,1H3,(H,28,29)/b12-5-. The summed E-state index contributed by atoms with van der Waals surface area (Å²) in [5.41, 5.74) is 4.12. The van der Waals surface area contributed by atoms with E-state index in [0.717, 1.165) is 29.3 Å². The van der Waals surface area contributed by atoms with Gasteiger partial charge in [-0.05, 0) is 88.0 Å². The third-order valence-corrected chi connectivity index (χ3v) is 10.9. The van der Waals surface area contributed by atoms with Gasteiger partial charge in [0.05, 0.1) is 23.9 Å². The average molecular weight is 885 g/mol. The SMILES string of the molecule is Cc1ccc2nc(/C(C#N)=C\c3cc(I)cc(I)c3OCC(Br)(Br)C(Br)Br)[nH]c2c1. The highest BCUT2D eigenvalue weighted by Crippen LogP contribution is 2.40. The van der Waals surface area contributed by atoms with Gasteiger partial charge in [0.1, 0.15) is 27.5 Å². The number of benzene rings is 2. The Labute approximate surface area is 235 Å². The zero-order chi connectivity index (χ0) is 22.1. The number of nitrogens with zero attached hydrogens (tertiary/aromatic N) is 2. The Morgan fingerprint density at radius 1 is 1.30 bits per heavy atom. The van der Waals surface area contributed by atoms with Gasteiger partial charge in [-0.15, -0.1) is 0 Å². The van der Waals surface area contributed by atoms with Crippen molar-refractivity contribution in [1.82, 2.24) is 9.97 Å². The van der Waals surface area contributed by atoms with Crippen LogP contribution in [0.15, 0.2) is 30.3 Å². The van der Waals surface area contributed by atoms with Gasteiger partial charge in [-0.1, -0.05) is 69.8 Å². The maximum Gasteiger partial charge on any atom is 0.149 e. The van der Waals surface area contributed by atoms with Crippen molar-refractivity contribution < 1.29 is 4.74 Å². The van der Waals surface area contributed by atoms with Crippen LogP contribution in [0.2, 0.25) is 0 Å². The number of allylic oxidation sites excluding steroid dienone is 1. The second kappa shape index (κ2) is 10.5. The van der Waals surface area contributed by atoms with E-state index >= 15 is 0 Å². The molecule has 0 radical (unpaired) electrons. The quantitative estimate of drug-likeness (QED) is 0.155. The molecule has 2 aromatic carbocycles. The van der Waals surface area contributed by atoms with E-state index in [0.29, 0.717) is 23.8 Å². The van der Waals surface area contributed by atoms with E-state index in [2.05, 4.69) is 125 Å². The smallest absolute Gasteiger partial charge is 0.149 e. The van der Waals surface area contributed by atoms with E-state index in [1.165, 1.54) is 0 Å². The molecule has 1 N–H and O–H groups in total. The molecule has 0 amide bonds. The molecule has 1 heterocycles. The van der Waals surface area contributed by atoms with Crippen LogP contribution in [0.4, 0.5) is 0 Å². The Kier molecular flexibility index (Phi) is 8.73. The third-order valence-electron chi connectivity index (χ3n) is 4.08. The van der Waals surface area contributed by atoms with Gasteiger partial charge in [0.25, 0.3) is 0 Å². The molecular formula is C20H13Br4I2N3O. The van der Waals surface area contributed by atoms with Gasteiger partial charge in [0.15, 0.2) is 0 Å². The summed E-state index contributed by atoms with van der Waals surface area (Å²) < 4.78 is 7.62. The molecule has 0 unspecified atom stereocenters. The Morgan fingerprint density at radius 2 is 2.03 bits per heavy atom. The van der Waals surface area contributed by atoms with Crippen molar-refractivity contribution in [3.05, 3.63) is 54.4 Å². The van der Waals surface area contributed by atoms with E-state index < -0.39 is 3.23 Å². The van der Waals surface area contributed by atoms with E-state index in [-0.39, 0.29) is 3.74 Å². The maximum absolute atomic E-state index is 9.83. The van der Waals surface area contributed by atoms with Crippen LogP contribution in [-0.2, 0) is 0 Å². The van der Waals surface area contributed by atoms with Crippen LogP contribution in [0.3, 0.4) is 0 Å². The van der Waals surface area contributed by atoms with Gasteiger partial charge in [-0.3, -0.25) is 0 Å². The number of ether oxygens (including phenoxy) is 1. The third kappa shape index (κ3) is 6.01. The van der Waals surface area contributed by atoms with Crippen molar-refractivity contribution in [3.63, 3.8) is 0 Å². The number of halogens is 6. The Morgan fingerprint density at radius 3 is 2.70 bits per heavy atom. The lowest BCUT2D eigenvalue weighted by Gasteiger charge is -2.23. The highest BCUT2D eigenvalue weighted by molar-refractivity contribution is 14.1. The molecule has 3 aromatic rings. The van der Waals surface area contributed by atoms with Crippen molar-refractivity contribution in [2.24, 2.45) is 0 Å². The van der Waals surface area contributed by atoms with Gasteiger partial charge in [0, 0.05) is 9.13 Å². The fourth-order valence-electron chi connectivity index (χ4n) is 2.63. The molecule has 156 valence electrons. The van der Waals surface area contributed by atoms with E-state index in [1.54, 1.807) is 0 Å². The van der Waals surface area contributed by atoms with Crippen LogP contribution < -0.4 is 4.74 Å². The van der Waals surface area contributed by atoms with Crippen molar-refractivity contribution >= 4 is 132 Å². The second-order valence-corrected chi connectivity index (χ2v) is 15.8. The number of nitrogens with one attached hydrogen (secondary N) is 1. The number of H-pyrrole nitrogens is 1. The van der Waals surface area contributed by atoms with Gasteiger partial charge in [-0.25, -0.2) is 4.98 Å². The van der Waals surface area contributed by atoms with Crippen molar-refractivity contribution in [3.8, 4) is 11.8 Å². The van der Waals surface area contributed by atoms with Crippen LogP contribution in [-0.4, -0.2) is 23.5 Å². The molecule has 3 rings (SSSR count). The van der Waals surface area contributed by atoms with Gasteiger partial charge in [-0.2, -0.15) is 5.26 Å². The number of hydrogen-bond acceptors (Lipinski definition) is 3. The molecule has 0 aliphatic heterocycles. The fraction of sp³-hybridized carbons (Fsp3) is 0.200. The highest BCUT2D eigenvalue weighted by atomic mass is 127. The number of nitriles is 1. The average Bonchev–Trinajstić information content (AvgIpc) is 3.07. The van der Waals surface area contributed by atoms with Crippen molar-refractivity contribution in [2.75, 3.05) is 6.61 Å². The largest absolute Gasteiger partial charge is 0.489 e. The Hall–Kier alpha value is 0.320. The Bertz CT molecular complexity index is 1170. The van der Waals surface area contributed by atoms with Crippen LogP contribution in [0.1, 0.15) is 17.0 Å². The lowest BCUT2D eigenvalue weighted by atomic mass is 10.1. The number of aromatic amines is 1.